The number of alkyl halides is 2. The van der Waals surface area contributed by atoms with Crippen molar-refractivity contribution in [1.82, 2.24) is 0 Å². The minimum Gasteiger partial charge on any atom is -0.466 e. The molecule has 0 N–H and O–H groups in total. The van der Waals surface area contributed by atoms with Gasteiger partial charge in [-0.25, -0.2) is 0 Å². The molecule has 0 aliphatic carbocycles. The number of rotatable bonds is 14. The lowest BCUT2D eigenvalue weighted by molar-refractivity contribution is -0.150. The molecule has 0 spiro atoms. The molecular weight excluding hydrogens is 327 g/mol. The van der Waals surface area contributed by atoms with Crippen molar-refractivity contribution in [3.05, 3.63) is 0 Å². The fourth-order valence-corrected chi connectivity index (χ4v) is 2.05. The van der Waals surface area contributed by atoms with Crippen molar-refractivity contribution < 1.29 is 19.1 Å². The van der Waals surface area contributed by atoms with Crippen molar-refractivity contribution >= 4 is 35.1 Å². The Morgan fingerprint density at radius 3 is 1.86 bits per heavy atom. The van der Waals surface area contributed by atoms with E-state index in [0.29, 0.717) is 6.61 Å². The maximum Gasteiger partial charge on any atom is 0.306 e. The van der Waals surface area contributed by atoms with Crippen LogP contribution in [0.2, 0.25) is 0 Å². The molecule has 0 radical (unpaired) electrons. The summed E-state index contributed by atoms with van der Waals surface area (Å²) in [5.74, 6) is -0.858. The fourth-order valence-electron chi connectivity index (χ4n) is 1.93. The zero-order valence-corrected chi connectivity index (χ0v) is 15.0. The molecule has 0 rings (SSSR count). The lowest BCUT2D eigenvalue weighted by atomic mass is 10.1. The Hall–Kier alpha value is -0.480. The summed E-state index contributed by atoms with van der Waals surface area (Å²) < 4.78 is 9.81. The van der Waals surface area contributed by atoms with Gasteiger partial charge in [0.25, 0.3) is 0 Å². The van der Waals surface area contributed by atoms with Crippen molar-refractivity contribution in [3.63, 3.8) is 0 Å². The molecule has 0 aromatic carbocycles. The van der Waals surface area contributed by atoms with Gasteiger partial charge in [0.05, 0.1) is 19.4 Å². The van der Waals surface area contributed by atoms with Crippen molar-refractivity contribution in [1.29, 1.82) is 0 Å². The first-order chi connectivity index (χ1) is 10.6. The molecule has 0 fully saturated rings. The molecule has 0 aromatic heterocycles. The monoisotopic (exact) mass is 354 g/mol. The SMILES string of the molecule is CCCCCCCCCCOC(=O)CCC(=O)OCC(Cl)Cl. The third kappa shape index (κ3) is 15.9. The smallest absolute Gasteiger partial charge is 0.306 e. The molecule has 0 atom stereocenters. The summed E-state index contributed by atoms with van der Waals surface area (Å²) >= 11 is 10.9. The number of carbonyl (C=O) groups is 2. The van der Waals surface area contributed by atoms with Crippen LogP contribution in [0, 0.1) is 0 Å². The zero-order chi connectivity index (χ0) is 16.6. The van der Waals surface area contributed by atoms with Crippen molar-refractivity contribution in [3.8, 4) is 0 Å². The maximum atomic E-state index is 11.4. The Morgan fingerprint density at radius 1 is 0.818 bits per heavy atom. The summed E-state index contributed by atoms with van der Waals surface area (Å²) in [6.45, 7) is 2.57. The van der Waals surface area contributed by atoms with Crippen molar-refractivity contribution in [2.75, 3.05) is 13.2 Å². The molecule has 0 amide bonds. The highest BCUT2D eigenvalue weighted by molar-refractivity contribution is 6.44. The molecular formula is C16H28Cl2O4. The maximum absolute atomic E-state index is 11.4. The van der Waals surface area contributed by atoms with Crippen LogP contribution in [-0.2, 0) is 19.1 Å². The van der Waals surface area contributed by atoms with Crippen LogP contribution < -0.4 is 0 Å². The second-order valence-electron chi connectivity index (χ2n) is 5.27. The van der Waals surface area contributed by atoms with E-state index in [1.54, 1.807) is 0 Å². The highest BCUT2D eigenvalue weighted by Gasteiger charge is 2.10. The summed E-state index contributed by atoms with van der Waals surface area (Å²) in [6, 6.07) is 0. The largest absolute Gasteiger partial charge is 0.466 e. The number of carbonyl (C=O) groups excluding carboxylic acids is 2. The van der Waals surface area contributed by atoms with Gasteiger partial charge in [0.15, 0.2) is 0 Å². The number of hydrogen-bond donors (Lipinski definition) is 0. The minimum absolute atomic E-state index is 0.00321. The van der Waals surface area contributed by atoms with E-state index in [2.05, 4.69) is 6.92 Å². The van der Waals surface area contributed by atoms with Crippen LogP contribution in [0.25, 0.3) is 0 Å². The lowest BCUT2D eigenvalue weighted by Gasteiger charge is -2.06. The number of hydrogen-bond acceptors (Lipinski definition) is 4. The van der Waals surface area contributed by atoms with Crippen LogP contribution in [0.5, 0.6) is 0 Å². The Morgan fingerprint density at radius 2 is 1.32 bits per heavy atom. The molecule has 0 aliphatic heterocycles. The van der Waals surface area contributed by atoms with E-state index in [-0.39, 0.29) is 25.4 Å². The van der Waals surface area contributed by atoms with Crippen molar-refractivity contribution in [2.24, 2.45) is 0 Å². The van der Waals surface area contributed by atoms with Gasteiger partial charge >= 0.3 is 11.9 Å². The average molecular weight is 355 g/mol. The normalized spacial score (nSPS) is 10.7. The molecule has 0 saturated heterocycles. The molecule has 0 aromatic rings. The Labute approximate surface area is 143 Å². The average Bonchev–Trinajstić information content (AvgIpc) is 2.49. The molecule has 6 heteroatoms. The van der Waals surface area contributed by atoms with Gasteiger partial charge in [0, 0.05) is 0 Å². The van der Waals surface area contributed by atoms with E-state index in [1.807, 2.05) is 0 Å². The Balaban J connectivity index is 3.34. The predicted molar refractivity (Wildman–Crippen MR) is 89.3 cm³/mol. The molecule has 0 heterocycles. The minimum atomic E-state index is -0.738. The van der Waals surface area contributed by atoms with Gasteiger partial charge in [-0.2, -0.15) is 0 Å². The van der Waals surface area contributed by atoms with Gasteiger partial charge in [-0.05, 0) is 6.42 Å². The summed E-state index contributed by atoms with van der Waals surface area (Å²) in [4.78, 5) is 21.9. The van der Waals surface area contributed by atoms with Crippen LogP contribution in [0.15, 0.2) is 0 Å². The fraction of sp³-hybridized carbons (Fsp3) is 0.875. The molecule has 0 unspecified atom stereocenters. The zero-order valence-electron chi connectivity index (χ0n) is 13.5. The van der Waals surface area contributed by atoms with Gasteiger partial charge in [-0.15, -0.1) is 23.2 Å². The van der Waals surface area contributed by atoms with Gasteiger partial charge in [0.1, 0.15) is 11.4 Å². The molecule has 130 valence electrons. The Bertz CT molecular complexity index is 296. The van der Waals surface area contributed by atoms with Crippen LogP contribution in [0.1, 0.15) is 71.1 Å². The van der Waals surface area contributed by atoms with Crippen molar-refractivity contribution in [2.45, 2.75) is 76.0 Å². The number of halogens is 2. The number of ether oxygens (including phenoxy) is 2. The molecule has 0 bridgehead atoms. The highest BCUT2D eigenvalue weighted by atomic mass is 35.5. The molecule has 4 nitrogen and oxygen atoms in total. The summed E-state index contributed by atoms with van der Waals surface area (Å²) in [5.41, 5.74) is 0. The van der Waals surface area contributed by atoms with Gasteiger partial charge in [-0.1, -0.05) is 51.9 Å². The second-order valence-corrected chi connectivity index (χ2v) is 6.55. The van der Waals surface area contributed by atoms with E-state index < -0.39 is 10.8 Å². The quantitative estimate of drug-likeness (QED) is 0.255. The number of unbranched alkanes of at least 4 members (excludes halogenated alkanes) is 7. The van der Waals surface area contributed by atoms with Crippen LogP contribution in [-0.4, -0.2) is 30.0 Å². The molecule has 0 aliphatic rings. The van der Waals surface area contributed by atoms with E-state index in [1.165, 1.54) is 38.5 Å². The molecule has 22 heavy (non-hydrogen) atoms. The van der Waals surface area contributed by atoms with Crippen LogP contribution in [0.4, 0.5) is 0 Å². The van der Waals surface area contributed by atoms with E-state index in [4.69, 9.17) is 32.7 Å². The summed E-state index contributed by atoms with van der Waals surface area (Å²) in [7, 11) is 0. The third-order valence-electron chi connectivity index (χ3n) is 3.16. The second kappa shape index (κ2) is 15.4. The first-order valence-electron chi connectivity index (χ1n) is 8.15. The van der Waals surface area contributed by atoms with Gasteiger partial charge < -0.3 is 9.47 Å². The molecule has 0 saturated carbocycles. The summed E-state index contributed by atoms with van der Waals surface area (Å²) in [5, 5.41) is 0. The number of esters is 2. The Kier molecular flexibility index (Phi) is 15.1. The summed E-state index contributed by atoms with van der Waals surface area (Å²) in [6.07, 6.45) is 9.61. The highest BCUT2D eigenvalue weighted by Crippen LogP contribution is 2.08. The van der Waals surface area contributed by atoms with E-state index >= 15 is 0 Å². The first-order valence-corrected chi connectivity index (χ1v) is 9.03. The van der Waals surface area contributed by atoms with Crippen LogP contribution in [0.3, 0.4) is 0 Å². The van der Waals surface area contributed by atoms with E-state index in [9.17, 15) is 9.59 Å². The topological polar surface area (TPSA) is 52.6 Å². The van der Waals surface area contributed by atoms with Crippen LogP contribution >= 0.6 is 23.2 Å². The predicted octanol–water partition coefficient (Wildman–Crippen LogP) is 4.80. The first kappa shape index (κ1) is 21.5. The van der Waals surface area contributed by atoms with Gasteiger partial charge in [-0.3, -0.25) is 9.59 Å². The third-order valence-corrected chi connectivity index (χ3v) is 3.42. The van der Waals surface area contributed by atoms with E-state index in [0.717, 1.165) is 12.8 Å². The standard InChI is InChI=1S/C16H28Cl2O4/c1-2-3-4-5-6-7-8-9-12-21-15(19)10-11-16(20)22-13-14(17)18/h14H,2-13H2,1H3. The lowest BCUT2D eigenvalue weighted by Crippen LogP contribution is -2.13. The van der Waals surface area contributed by atoms with Gasteiger partial charge in [0.2, 0.25) is 0 Å².